The van der Waals surface area contributed by atoms with Crippen LogP contribution in [0.3, 0.4) is 0 Å². The zero-order chi connectivity index (χ0) is 14.4. The number of carbonyl (C=O) groups excluding carboxylic acids is 1. The van der Waals surface area contributed by atoms with Crippen LogP contribution >= 0.6 is 0 Å². The topological polar surface area (TPSA) is 77.8 Å². The van der Waals surface area contributed by atoms with Gasteiger partial charge in [0, 0.05) is 11.3 Å². The molecule has 0 unspecified atom stereocenters. The highest BCUT2D eigenvalue weighted by Gasteiger charge is 2.43. The van der Waals surface area contributed by atoms with Crippen LogP contribution in [-0.4, -0.2) is 16.0 Å². The first-order valence-electron chi connectivity index (χ1n) is 7.47. The Morgan fingerprint density at radius 1 is 1.24 bits per heavy atom. The molecule has 4 rings (SSSR count). The van der Waals surface area contributed by atoms with Gasteiger partial charge in [0.1, 0.15) is 0 Å². The van der Waals surface area contributed by atoms with Gasteiger partial charge in [-0.25, -0.2) is 0 Å². The lowest BCUT2D eigenvalue weighted by atomic mass is 9.88. The standard InChI is InChI=1S/C16H17N3O2/c20-15(12-8-9-5-6-10(12)7-9)19-18-14-11-3-1-2-4-13(11)17-16(14)21/h1-4,9-10,12,17,21H,5-8H2/t9-,10+,12+/m0/s1. The third-order valence-electron chi connectivity index (χ3n) is 4.96. The summed E-state index contributed by atoms with van der Waals surface area (Å²) >= 11 is 0. The van der Waals surface area contributed by atoms with Crippen molar-refractivity contribution in [2.24, 2.45) is 28.0 Å². The van der Waals surface area contributed by atoms with Crippen LogP contribution in [0.5, 0.6) is 5.88 Å². The number of para-hydroxylation sites is 1. The highest BCUT2D eigenvalue weighted by atomic mass is 16.3. The van der Waals surface area contributed by atoms with E-state index in [0.29, 0.717) is 17.5 Å². The van der Waals surface area contributed by atoms with E-state index in [1.807, 2.05) is 24.3 Å². The summed E-state index contributed by atoms with van der Waals surface area (Å²) in [5.41, 5.74) is 1.14. The minimum Gasteiger partial charge on any atom is -0.493 e. The third-order valence-corrected chi connectivity index (χ3v) is 4.96. The maximum atomic E-state index is 12.2. The third kappa shape index (κ3) is 2.04. The number of aromatic hydroxyl groups is 1. The van der Waals surface area contributed by atoms with Gasteiger partial charge in [0.05, 0.1) is 5.52 Å². The van der Waals surface area contributed by atoms with Crippen LogP contribution in [0.15, 0.2) is 34.5 Å². The lowest BCUT2D eigenvalue weighted by Gasteiger charge is -2.17. The summed E-state index contributed by atoms with van der Waals surface area (Å²) in [5, 5.41) is 18.6. The lowest BCUT2D eigenvalue weighted by Crippen LogP contribution is -2.18. The first-order valence-corrected chi connectivity index (χ1v) is 7.47. The molecule has 2 aromatic rings. The molecule has 2 fully saturated rings. The molecule has 2 aliphatic rings. The Hall–Kier alpha value is -2.17. The Balaban J connectivity index is 1.59. The van der Waals surface area contributed by atoms with Crippen molar-refractivity contribution in [2.45, 2.75) is 25.7 Å². The molecule has 0 saturated heterocycles. The van der Waals surface area contributed by atoms with Crippen LogP contribution in [0.1, 0.15) is 25.7 Å². The highest BCUT2D eigenvalue weighted by molar-refractivity contribution is 5.94. The molecule has 0 spiro atoms. The maximum absolute atomic E-state index is 12.2. The molecule has 2 saturated carbocycles. The van der Waals surface area contributed by atoms with Crippen LogP contribution in [0, 0.1) is 17.8 Å². The highest BCUT2D eigenvalue weighted by Crippen LogP contribution is 2.48. The Bertz CT molecular complexity index is 734. The number of amides is 1. The Morgan fingerprint density at radius 3 is 2.86 bits per heavy atom. The number of carbonyl (C=O) groups is 1. The van der Waals surface area contributed by atoms with Crippen molar-refractivity contribution in [2.75, 3.05) is 0 Å². The van der Waals surface area contributed by atoms with Crippen molar-refractivity contribution < 1.29 is 9.90 Å². The second-order valence-electron chi connectivity index (χ2n) is 6.19. The van der Waals surface area contributed by atoms with E-state index in [-0.39, 0.29) is 17.7 Å². The van der Waals surface area contributed by atoms with Gasteiger partial charge in [0.25, 0.3) is 5.91 Å². The summed E-state index contributed by atoms with van der Waals surface area (Å²) in [6.07, 6.45) is 4.54. The molecule has 3 atom stereocenters. The first kappa shape index (κ1) is 12.6. The SMILES string of the molecule is O=C(N=Nc1c(O)[nH]c2ccccc12)[C@@H]1C[C@H]2CC[C@@H]1C2. The first-order chi connectivity index (χ1) is 10.2. The average molecular weight is 283 g/mol. The average Bonchev–Trinajstić information content (AvgIpc) is 3.18. The largest absolute Gasteiger partial charge is 0.493 e. The predicted molar refractivity (Wildman–Crippen MR) is 78.4 cm³/mol. The fourth-order valence-electron chi connectivity index (χ4n) is 3.93. The van der Waals surface area contributed by atoms with Gasteiger partial charge >= 0.3 is 0 Å². The van der Waals surface area contributed by atoms with Gasteiger partial charge in [-0.15, -0.1) is 10.2 Å². The van der Waals surface area contributed by atoms with Gasteiger partial charge in [-0.1, -0.05) is 24.6 Å². The molecule has 1 heterocycles. The van der Waals surface area contributed by atoms with Gasteiger partial charge in [-0.05, 0) is 37.2 Å². The fraction of sp³-hybridized carbons (Fsp3) is 0.438. The second-order valence-corrected chi connectivity index (χ2v) is 6.19. The molecule has 2 N–H and O–H groups in total. The van der Waals surface area contributed by atoms with Gasteiger partial charge in [-0.2, -0.15) is 0 Å². The summed E-state index contributed by atoms with van der Waals surface area (Å²) in [6.45, 7) is 0. The Morgan fingerprint density at radius 2 is 2.10 bits per heavy atom. The number of azo groups is 1. The monoisotopic (exact) mass is 283 g/mol. The van der Waals surface area contributed by atoms with Gasteiger partial charge in [0.15, 0.2) is 5.69 Å². The smallest absolute Gasteiger partial charge is 0.268 e. The Kier molecular flexibility index (Phi) is 2.80. The molecule has 21 heavy (non-hydrogen) atoms. The number of rotatable bonds is 2. The minimum absolute atomic E-state index is 0.0410. The van der Waals surface area contributed by atoms with E-state index in [1.54, 1.807) is 0 Å². The molecule has 5 nitrogen and oxygen atoms in total. The van der Waals surface area contributed by atoms with Gasteiger partial charge in [0.2, 0.25) is 5.88 Å². The molecule has 108 valence electrons. The van der Waals surface area contributed by atoms with E-state index < -0.39 is 0 Å². The summed E-state index contributed by atoms with van der Waals surface area (Å²) in [6, 6.07) is 7.44. The molecule has 0 radical (unpaired) electrons. The number of nitrogens with one attached hydrogen (secondary N) is 1. The summed E-state index contributed by atoms with van der Waals surface area (Å²) in [5.74, 6) is 1.08. The van der Waals surface area contributed by atoms with E-state index in [4.69, 9.17) is 0 Å². The van der Waals surface area contributed by atoms with Crippen molar-refractivity contribution in [1.82, 2.24) is 4.98 Å². The lowest BCUT2D eigenvalue weighted by molar-refractivity contribution is -0.123. The van der Waals surface area contributed by atoms with Crippen LogP contribution in [0.2, 0.25) is 0 Å². The maximum Gasteiger partial charge on any atom is 0.268 e. The number of H-pyrrole nitrogens is 1. The van der Waals surface area contributed by atoms with Crippen molar-refractivity contribution in [3.8, 4) is 5.88 Å². The number of hydrogen-bond acceptors (Lipinski definition) is 3. The molecular weight excluding hydrogens is 266 g/mol. The van der Waals surface area contributed by atoms with Crippen LogP contribution < -0.4 is 0 Å². The zero-order valence-electron chi connectivity index (χ0n) is 11.6. The molecule has 0 aliphatic heterocycles. The van der Waals surface area contributed by atoms with E-state index >= 15 is 0 Å². The van der Waals surface area contributed by atoms with Crippen LogP contribution in [0.4, 0.5) is 5.69 Å². The van der Waals surface area contributed by atoms with Crippen LogP contribution in [-0.2, 0) is 4.79 Å². The van der Waals surface area contributed by atoms with Crippen molar-refractivity contribution in [3.63, 3.8) is 0 Å². The number of nitrogens with zero attached hydrogens (tertiary/aromatic N) is 2. The summed E-state index contributed by atoms with van der Waals surface area (Å²) in [4.78, 5) is 15.1. The predicted octanol–water partition coefficient (Wildman–Crippen LogP) is 3.92. The molecule has 2 aliphatic carbocycles. The summed E-state index contributed by atoms with van der Waals surface area (Å²) in [7, 11) is 0. The van der Waals surface area contributed by atoms with Crippen molar-refractivity contribution >= 4 is 22.5 Å². The van der Waals surface area contributed by atoms with E-state index in [2.05, 4.69) is 15.2 Å². The molecule has 1 aromatic carbocycles. The normalized spacial score (nSPS) is 27.9. The number of aromatic amines is 1. The quantitative estimate of drug-likeness (QED) is 0.819. The van der Waals surface area contributed by atoms with Crippen LogP contribution in [0.25, 0.3) is 10.9 Å². The van der Waals surface area contributed by atoms with Gasteiger partial charge < -0.3 is 10.1 Å². The molecule has 1 amide bonds. The zero-order valence-corrected chi connectivity index (χ0v) is 11.6. The van der Waals surface area contributed by atoms with Crippen molar-refractivity contribution in [1.29, 1.82) is 0 Å². The Labute approximate surface area is 122 Å². The van der Waals surface area contributed by atoms with E-state index in [9.17, 15) is 9.90 Å². The summed E-state index contributed by atoms with van der Waals surface area (Å²) < 4.78 is 0. The molecular formula is C16H17N3O2. The van der Waals surface area contributed by atoms with E-state index in [1.165, 1.54) is 12.8 Å². The van der Waals surface area contributed by atoms with E-state index in [0.717, 1.165) is 23.7 Å². The molecule has 1 aromatic heterocycles. The fourth-order valence-corrected chi connectivity index (χ4v) is 3.93. The number of hydrogen-bond donors (Lipinski definition) is 2. The second kappa shape index (κ2) is 4.69. The molecule has 5 heteroatoms. The number of aromatic nitrogens is 1. The number of benzene rings is 1. The minimum atomic E-state index is -0.133. The molecule has 2 bridgehead atoms. The number of fused-ring (bicyclic) bond motifs is 3. The van der Waals surface area contributed by atoms with Gasteiger partial charge in [-0.3, -0.25) is 4.79 Å². The van der Waals surface area contributed by atoms with Crippen molar-refractivity contribution in [3.05, 3.63) is 24.3 Å².